The van der Waals surface area contributed by atoms with Gasteiger partial charge in [0.15, 0.2) is 0 Å². The van der Waals surface area contributed by atoms with Crippen LogP contribution in [0, 0.1) is 39.4 Å². The van der Waals surface area contributed by atoms with Gasteiger partial charge in [-0.2, -0.15) is 0 Å². The van der Waals surface area contributed by atoms with Crippen LogP contribution in [-0.4, -0.2) is 38.9 Å². The molecular formula is C30H48O4. The highest BCUT2D eigenvalue weighted by molar-refractivity contribution is 5.88. The molecule has 4 rings (SSSR count). The average Bonchev–Trinajstić information content (AvgIpc) is 2.98. The summed E-state index contributed by atoms with van der Waals surface area (Å²) in [7, 11) is 0. The number of carbonyl (C=O) groups is 1. The summed E-state index contributed by atoms with van der Waals surface area (Å²) in [6.45, 7) is 17.0. The summed E-state index contributed by atoms with van der Waals surface area (Å²) >= 11 is 0. The lowest BCUT2D eigenvalue weighted by Gasteiger charge is -2.65. The van der Waals surface area contributed by atoms with E-state index < -0.39 is 28.6 Å². The van der Waals surface area contributed by atoms with E-state index in [4.69, 9.17) is 0 Å². The molecule has 0 aliphatic heterocycles. The van der Waals surface area contributed by atoms with Gasteiger partial charge in [0, 0.05) is 17.3 Å². The molecule has 3 saturated carbocycles. The molecular weight excluding hydrogens is 424 g/mol. The van der Waals surface area contributed by atoms with Crippen LogP contribution >= 0.6 is 0 Å². The number of allylic oxidation sites excluding steroid dienone is 3. The summed E-state index contributed by atoms with van der Waals surface area (Å²) in [4.78, 5) is 14.2. The van der Waals surface area contributed by atoms with Gasteiger partial charge in [-0.3, -0.25) is 4.79 Å². The van der Waals surface area contributed by atoms with Crippen molar-refractivity contribution >= 4 is 5.78 Å². The summed E-state index contributed by atoms with van der Waals surface area (Å²) in [5.74, 6) is 0.520. The van der Waals surface area contributed by atoms with Gasteiger partial charge < -0.3 is 15.3 Å². The minimum atomic E-state index is -0.811. The van der Waals surface area contributed by atoms with Gasteiger partial charge >= 0.3 is 0 Å². The van der Waals surface area contributed by atoms with Crippen LogP contribution in [-0.2, 0) is 4.79 Å². The van der Waals surface area contributed by atoms with Crippen LogP contribution in [0.2, 0.25) is 0 Å². The summed E-state index contributed by atoms with van der Waals surface area (Å²) in [6.07, 6.45) is 8.20. The highest BCUT2D eigenvalue weighted by Crippen LogP contribution is 2.74. The highest BCUT2D eigenvalue weighted by Gasteiger charge is 2.71. The Morgan fingerprint density at radius 3 is 2.41 bits per heavy atom. The Bertz CT molecular complexity index is 909. The predicted octanol–water partition coefficient (Wildman–Crippen LogP) is 5.60. The van der Waals surface area contributed by atoms with E-state index >= 15 is 0 Å². The van der Waals surface area contributed by atoms with Crippen LogP contribution in [0.15, 0.2) is 23.3 Å². The Hall–Kier alpha value is -0.970. The number of carbonyl (C=O) groups excluding carboxylic acids is 1. The van der Waals surface area contributed by atoms with E-state index in [0.717, 1.165) is 37.7 Å². The van der Waals surface area contributed by atoms with Crippen molar-refractivity contribution in [3.8, 4) is 0 Å². The van der Waals surface area contributed by atoms with E-state index in [1.54, 1.807) is 0 Å². The SMILES string of the molecule is CC(C)=CCC[C@](C)(O)C1CC[C@@]2(C)C3CC=C4C(C[C@H](O)[C@H](O)C4(C)C)[C@]3(C)C(=O)C[C@]12C. The van der Waals surface area contributed by atoms with Gasteiger partial charge in [-0.1, -0.05) is 57.9 Å². The lowest BCUT2D eigenvalue weighted by molar-refractivity contribution is -0.184. The van der Waals surface area contributed by atoms with Gasteiger partial charge in [0.25, 0.3) is 0 Å². The monoisotopic (exact) mass is 472 g/mol. The van der Waals surface area contributed by atoms with Gasteiger partial charge in [-0.05, 0) is 87.9 Å². The fourth-order valence-electron chi connectivity index (χ4n) is 9.31. The maximum Gasteiger partial charge on any atom is 0.140 e. The van der Waals surface area contributed by atoms with Crippen molar-refractivity contribution in [1.82, 2.24) is 0 Å². The number of hydrogen-bond acceptors (Lipinski definition) is 4. The molecule has 3 N–H and O–H groups in total. The normalized spacial score (nSPS) is 47.1. The molecule has 0 aromatic carbocycles. The second-order valence-electron chi connectivity index (χ2n) is 14.0. The molecule has 4 heteroatoms. The van der Waals surface area contributed by atoms with Crippen molar-refractivity contribution in [2.75, 3.05) is 0 Å². The van der Waals surface area contributed by atoms with E-state index in [1.807, 2.05) is 20.8 Å². The fourth-order valence-corrected chi connectivity index (χ4v) is 9.31. The van der Waals surface area contributed by atoms with Crippen molar-refractivity contribution in [2.45, 2.75) is 118 Å². The molecule has 34 heavy (non-hydrogen) atoms. The summed E-state index contributed by atoms with van der Waals surface area (Å²) in [5, 5.41) is 33.2. The third-order valence-electron chi connectivity index (χ3n) is 11.6. The number of hydrogen-bond donors (Lipinski definition) is 3. The highest BCUT2D eigenvalue weighted by atomic mass is 16.3. The minimum Gasteiger partial charge on any atom is -0.390 e. The maximum atomic E-state index is 14.2. The molecule has 3 unspecified atom stereocenters. The predicted molar refractivity (Wildman–Crippen MR) is 136 cm³/mol. The van der Waals surface area contributed by atoms with E-state index in [9.17, 15) is 20.1 Å². The lowest BCUT2D eigenvalue weighted by Crippen LogP contribution is -2.65. The summed E-state index contributed by atoms with van der Waals surface area (Å²) in [6, 6.07) is 0. The van der Waals surface area contributed by atoms with Crippen molar-refractivity contribution in [2.24, 2.45) is 39.4 Å². The summed E-state index contributed by atoms with van der Waals surface area (Å²) < 4.78 is 0. The molecule has 192 valence electrons. The standard InChI is InChI=1S/C30H48O4/c1-18(2)10-9-14-29(7,34)22-13-15-27(5)23-12-11-19-20(16-21(31)25(33)26(19,3)4)30(23,8)24(32)17-28(22,27)6/h10-11,20-23,25,31,33-34H,9,12-17H2,1-8H3/t20?,21-,22?,23?,25-,27-,28+,29-,30-/m0/s1. The number of fused-ring (bicyclic) bond motifs is 5. The van der Waals surface area contributed by atoms with Crippen LogP contribution < -0.4 is 0 Å². The first-order valence-corrected chi connectivity index (χ1v) is 13.5. The summed E-state index contributed by atoms with van der Waals surface area (Å²) in [5.41, 5.74) is 0.229. The first-order chi connectivity index (χ1) is 15.5. The smallest absolute Gasteiger partial charge is 0.140 e. The van der Waals surface area contributed by atoms with Gasteiger partial charge in [0.2, 0.25) is 0 Å². The second kappa shape index (κ2) is 8.02. The van der Waals surface area contributed by atoms with E-state index in [2.05, 4.69) is 46.8 Å². The van der Waals surface area contributed by atoms with Crippen molar-refractivity contribution in [1.29, 1.82) is 0 Å². The largest absolute Gasteiger partial charge is 0.390 e. The molecule has 4 nitrogen and oxygen atoms in total. The second-order valence-corrected chi connectivity index (χ2v) is 14.0. The Morgan fingerprint density at radius 2 is 1.79 bits per heavy atom. The number of aliphatic hydroxyl groups excluding tert-OH is 2. The van der Waals surface area contributed by atoms with Gasteiger partial charge in [-0.25, -0.2) is 0 Å². The first kappa shape index (κ1) is 26.1. The van der Waals surface area contributed by atoms with Gasteiger partial charge in [0.1, 0.15) is 5.78 Å². The van der Waals surface area contributed by atoms with Gasteiger partial charge in [-0.15, -0.1) is 0 Å². The molecule has 4 aliphatic carbocycles. The quantitative estimate of drug-likeness (QED) is 0.466. The number of Topliss-reactive ketones (excluding diaryl/α,β-unsaturated/α-hetero) is 1. The number of rotatable bonds is 4. The van der Waals surface area contributed by atoms with E-state index in [-0.39, 0.29) is 28.6 Å². The zero-order valence-corrected chi connectivity index (χ0v) is 22.7. The molecule has 0 aromatic heterocycles. The van der Waals surface area contributed by atoms with E-state index in [1.165, 1.54) is 5.57 Å². The molecule has 0 saturated heterocycles. The fraction of sp³-hybridized carbons (Fsp3) is 0.833. The molecule has 0 bridgehead atoms. The van der Waals surface area contributed by atoms with Crippen LogP contribution in [0.3, 0.4) is 0 Å². The lowest BCUT2D eigenvalue weighted by atomic mass is 9.38. The third kappa shape index (κ3) is 3.38. The van der Waals surface area contributed by atoms with Crippen LogP contribution in [0.25, 0.3) is 0 Å². The van der Waals surface area contributed by atoms with Crippen LogP contribution in [0.5, 0.6) is 0 Å². The maximum absolute atomic E-state index is 14.2. The molecule has 4 aliphatic rings. The zero-order valence-electron chi connectivity index (χ0n) is 22.7. The molecule has 3 fully saturated rings. The number of aliphatic hydroxyl groups is 3. The van der Waals surface area contributed by atoms with Crippen molar-refractivity contribution in [3.05, 3.63) is 23.3 Å². The van der Waals surface area contributed by atoms with E-state index in [0.29, 0.717) is 18.6 Å². The van der Waals surface area contributed by atoms with Crippen molar-refractivity contribution in [3.63, 3.8) is 0 Å². The third-order valence-corrected chi connectivity index (χ3v) is 11.6. The zero-order chi connectivity index (χ0) is 25.5. The Morgan fingerprint density at radius 1 is 1.15 bits per heavy atom. The topological polar surface area (TPSA) is 77.8 Å². The Kier molecular flexibility index (Phi) is 6.15. The molecule has 0 spiro atoms. The molecule has 0 aromatic rings. The number of ketones is 1. The minimum absolute atomic E-state index is 0.0363. The van der Waals surface area contributed by atoms with Crippen LogP contribution in [0.1, 0.15) is 100 Å². The Labute approximate surface area is 206 Å². The van der Waals surface area contributed by atoms with Crippen LogP contribution in [0.4, 0.5) is 0 Å². The first-order valence-electron chi connectivity index (χ1n) is 13.5. The van der Waals surface area contributed by atoms with Gasteiger partial charge in [0.05, 0.1) is 17.8 Å². The molecule has 0 heterocycles. The Balaban J connectivity index is 1.73. The molecule has 9 atom stereocenters. The molecule has 0 amide bonds. The van der Waals surface area contributed by atoms with Crippen molar-refractivity contribution < 1.29 is 20.1 Å². The molecule has 0 radical (unpaired) electrons. The average molecular weight is 473 g/mol.